The first-order valence-electron chi connectivity index (χ1n) is 5.15. The Morgan fingerprint density at radius 2 is 1.93 bits per heavy atom. The Balaban J connectivity index is 2.05. The fraction of sp³-hybridized carbons (Fsp3) is 0.900. The van der Waals surface area contributed by atoms with Crippen LogP contribution in [0.5, 0.6) is 0 Å². The van der Waals surface area contributed by atoms with E-state index >= 15 is 0 Å². The summed E-state index contributed by atoms with van der Waals surface area (Å²) in [5, 5.41) is 0. The molecule has 0 radical (unpaired) electrons. The first kappa shape index (κ1) is 11.4. The van der Waals surface area contributed by atoms with Crippen molar-refractivity contribution in [1.29, 1.82) is 0 Å². The van der Waals surface area contributed by atoms with Crippen molar-refractivity contribution in [2.75, 3.05) is 6.61 Å². The third-order valence-corrected chi connectivity index (χ3v) is 2.67. The molecule has 0 heterocycles. The zero-order chi connectivity index (χ0) is 10.4. The van der Waals surface area contributed by atoms with E-state index in [4.69, 9.17) is 0 Å². The van der Waals surface area contributed by atoms with Crippen molar-refractivity contribution < 1.29 is 18.3 Å². The van der Waals surface area contributed by atoms with E-state index in [-0.39, 0.29) is 6.61 Å². The Kier molecular flexibility index (Phi) is 4.84. The number of alkyl halides is 2. The average Bonchev–Trinajstić information content (AvgIpc) is 2.19. The standard InChI is InChI=1S/C10H16F2O2/c11-9(12)10(13)14-7-6-8-4-2-1-3-5-8/h8-9H,1-7H2. The Bertz CT molecular complexity index is 177. The number of rotatable bonds is 4. The molecule has 0 unspecified atom stereocenters. The summed E-state index contributed by atoms with van der Waals surface area (Å²) in [6.07, 6.45) is 3.74. The third kappa shape index (κ3) is 4.03. The fourth-order valence-corrected chi connectivity index (χ4v) is 1.86. The lowest BCUT2D eigenvalue weighted by Gasteiger charge is -2.20. The van der Waals surface area contributed by atoms with Gasteiger partial charge in [-0.15, -0.1) is 0 Å². The van der Waals surface area contributed by atoms with Gasteiger partial charge in [-0.2, -0.15) is 8.78 Å². The second-order valence-electron chi connectivity index (χ2n) is 3.76. The number of halogens is 2. The predicted octanol–water partition coefficient (Wildman–Crippen LogP) is 2.77. The van der Waals surface area contributed by atoms with E-state index in [1.807, 2.05) is 0 Å². The Hall–Kier alpha value is -0.670. The van der Waals surface area contributed by atoms with Gasteiger partial charge in [-0.05, 0) is 12.3 Å². The summed E-state index contributed by atoms with van der Waals surface area (Å²) < 4.78 is 27.9. The molecule has 1 aliphatic carbocycles. The van der Waals surface area contributed by atoms with Crippen molar-refractivity contribution >= 4 is 5.97 Å². The highest BCUT2D eigenvalue weighted by atomic mass is 19.3. The number of hydrogen-bond acceptors (Lipinski definition) is 2. The molecule has 1 saturated carbocycles. The summed E-state index contributed by atoms with van der Waals surface area (Å²) in [6, 6.07) is 0. The predicted molar refractivity (Wildman–Crippen MR) is 48.2 cm³/mol. The van der Waals surface area contributed by atoms with Gasteiger partial charge in [0.25, 0.3) is 0 Å². The van der Waals surface area contributed by atoms with E-state index in [2.05, 4.69) is 4.74 Å². The SMILES string of the molecule is O=C(OCCC1CCCCC1)C(F)F. The Morgan fingerprint density at radius 3 is 2.50 bits per heavy atom. The van der Waals surface area contributed by atoms with Crippen LogP contribution in [0.4, 0.5) is 8.78 Å². The summed E-state index contributed by atoms with van der Waals surface area (Å²) >= 11 is 0. The second-order valence-corrected chi connectivity index (χ2v) is 3.76. The van der Waals surface area contributed by atoms with Crippen LogP contribution < -0.4 is 0 Å². The van der Waals surface area contributed by atoms with Crippen LogP contribution in [0.1, 0.15) is 38.5 Å². The summed E-state index contributed by atoms with van der Waals surface area (Å²) in [5.74, 6) is -0.824. The topological polar surface area (TPSA) is 26.3 Å². The molecule has 0 bridgehead atoms. The van der Waals surface area contributed by atoms with Gasteiger partial charge >= 0.3 is 12.4 Å². The molecular formula is C10H16F2O2. The second kappa shape index (κ2) is 5.94. The zero-order valence-corrected chi connectivity index (χ0v) is 8.18. The van der Waals surface area contributed by atoms with Gasteiger partial charge in [-0.1, -0.05) is 32.1 Å². The molecule has 0 aromatic carbocycles. The van der Waals surface area contributed by atoms with Gasteiger partial charge in [0, 0.05) is 0 Å². The fourth-order valence-electron chi connectivity index (χ4n) is 1.86. The monoisotopic (exact) mass is 206 g/mol. The number of carbonyl (C=O) groups excluding carboxylic acids is 1. The highest BCUT2D eigenvalue weighted by Crippen LogP contribution is 2.26. The van der Waals surface area contributed by atoms with Crippen LogP contribution in [0.25, 0.3) is 0 Å². The van der Waals surface area contributed by atoms with E-state index < -0.39 is 12.4 Å². The van der Waals surface area contributed by atoms with Gasteiger partial charge in [0.1, 0.15) is 0 Å². The first-order chi connectivity index (χ1) is 6.70. The normalized spacial score (nSPS) is 18.5. The molecule has 4 heteroatoms. The lowest BCUT2D eigenvalue weighted by atomic mass is 9.87. The maximum Gasteiger partial charge on any atom is 0.373 e. The number of esters is 1. The number of hydrogen-bond donors (Lipinski definition) is 0. The number of carbonyl (C=O) groups is 1. The van der Waals surface area contributed by atoms with E-state index in [0.29, 0.717) is 5.92 Å². The molecule has 0 amide bonds. The largest absolute Gasteiger partial charge is 0.461 e. The molecule has 0 N–H and O–H groups in total. The van der Waals surface area contributed by atoms with Crippen LogP contribution in [0.3, 0.4) is 0 Å². The minimum Gasteiger partial charge on any atom is -0.461 e. The van der Waals surface area contributed by atoms with Crippen molar-refractivity contribution in [3.05, 3.63) is 0 Å². The smallest absolute Gasteiger partial charge is 0.373 e. The van der Waals surface area contributed by atoms with Gasteiger partial charge in [-0.25, -0.2) is 4.79 Å². The summed E-state index contributed by atoms with van der Waals surface area (Å²) in [4.78, 5) is 10.4. The van der Waals surface area contributed by atoms with Crippen molar-refractivity contribution in [2.45, 2.75) is 45.0 Å². The molecule has 1 rings (SSSR count). The molecule has 0 atom stereocenters. The van der Waals surface area contributed by atoms with E-state index in [0.717, 1.165) is 19.3 Å². The molecule has 2 nitrogen and oxygen atoms in total. The van der Waals surface area contributed by atoms with Crippen LogP contribution in [-0.2, 0) is 9.53 Å². The maximum absolute atomic E-state index is 11.7. The Morgan fingerprint density at radius 1 is 1.29 bits per heavy atom. The molecule has 0 aromatic heterocycles. The van der Waals surface area contributed by atoms with Crippen LogP contribution in [-0.4, -0.2) is 19.0 Å². The zero-order valence-electron chi connectivity index (χ0n) is 8.18. The number of ether oxygens (including phenoxy) is 1. The quantitative estimate of drug-likeness (QED) is 0.661. The summed E-state index contributed by atoms with van der Waals surface area (Å²) in [7, 11) is 0. The van der Waals surface area contributed by atoms with Crippen molar-refractivity contribution in [2.24, 2.45) is 5.92 Å². The van der Waals surface area contributed by atoms with Gasteiger partial charge < -0.3 is 4.74 Å². The van der Waals surface area contributed by atoms with E-state index in [1.54, 1.807) is 0 Å². The molecule has 0 aliphatic heterocycles. The van der Waals surface area contributed by atoms with E-state index in [9.17, 15) is 13.6 Å². The first-order valence-corrected chi connectivity index (χ1v) is 5.15. The molecular weight excluding hydrogens is 190 g/mol. The van der Waals surface area contributed by atoms with Crippen molar-refractivity contribution in [3.8, 4) is 0 Å². The average molecular weight is 206 g/mol. The van der Waals surface area contributed by atoms with Crippen molar-refractivity contribution in [1.82, 2.24) is 0 Å². The Labute approximate surface area is 82.6 Å². The van der Waals surface area contributed by atoms with E-state index in [1.165, 1.54) is 19.3 Å². The lowest BCUT2D eigenvalue weighted by Crippen LogP contribution is -2.17. The van der Waals surface area contributed by atoms with Crippen molar-refractivity contribution in [3.63, 3.8) is 0 Å². The summed E-state index contributed by atoms with van der Waals surface area (Å²) in [5.41, 5.74) is 0. The van der Waals surface area contributed by atoms with Crippen LogP contribution in [0.15, 0.2) is 0 Å². The minimum atomic E-state index is -2.98. The molecule has 0 aromatic rings. The lowest BCUT2D eigenvalue weighted by molar-refractivity contribution is -0.156. The van der Waals surface area contributed by atoms with Crippen LogP contribution in [0.2, 0.25) is 0 Å². The van der Waals surface area contributed by atoms with Crippen LogP contribution in [0, 0.1) is 5.92 Å². The minimum absolute atomic E-state index is 0.147. The molecule has 82 valence electrons. The molecule has 0 spiro atoms. The van der Waals surface area contributed by atoms with Gasteiger partial charge in [0.2, 0.25) is 0 Å². The van der Waals surface area contributed by atoms with Crippen LogP contribution >= 0.6 is 0 Å². The molecule has 0 saturated heterocycles. The molecule has 14 heavy (non-hydrogen) atoms. The highest BCUT2D eigenvalue weighted by Gasteiger charge is 2.18. The summed E-state index contributed by atoms with van der Waals surface area (Å²) in [6.45, 7) is 0.147. The van der Waals surface area contributed by atoms with Gasteiger partial charge in [0.15, 0.2) is 0 Å². The highest BCUT2D eigenvalue weighted by molar-refractivity contribution is 5.72. The van der Waals surface area contributed by atoms with Gasteiger partial charge in [-0.3, -0.25) is 0 Å². The maximum atomic E-state index is 11.7. The molecule has 1 aliphatic rings. The van der Waals surface area contributed by atoms with Gasteiger partial charge in [0.05, 0.1) is 6.61 Å². The molecule has 1 fully saturated rings. The third-order valence-electron chi connectivity index (χ3n) is 2.67.